The van der Waals surface area contributed by atoms with Crippen LogP contribution in [-0.4, -0.2) is 48.2 Å². The van der Waals surface area contributed by atoms with Gasteiger partial charge in [0.05, 0.1) is 16.5 Å². The Morgan fingerprint density at radius 3 is 2.47 bits per heavy atom. The van der Waals surface area contributed by atoms with E-state index in [2.05, 4.69) is 39.8 Å². The monoisotopic (exact) mass is 546 g/mol. The zero-order chi connectivity index (χ0) is 24.8. The number of carbonyl (C=O) groups excluding carboxylic acids is 4. The van der Waals surface area contributed by atoms with Crippen molar-refractivity contribution in [1.29, 1.82) is 0 Å². The van der Waals surface area contributed by atoms with Crippen LogP contribution < -0.4 is 10.1 Å². The number of esters is 1. The molecule has 1 N–H and O–H groups in total. The molecular formula is C24H23BrN2O6S. The number of hydrogen-bond donors (Lipinski definition) is 1. The fourth-order valence-corrected chi connectivity index (χ4v) is 4.35. The lowest BCUT2D eigenvalue weighted by molar-refractivity contribution is -0.143. The second kappa shape index (κ2) is 11.3. The standard InChI is InChI=1S/C24H23BrN2O6S/c1-14(2)16-5-7-17(8-6-16)26-21(28)12-27-23(30)20(34-24(27)31)11-15-4-9-19(18(25)10-15)33-13-22(29)32-3/h4-11,14H,12-13H2,1-3H3,(H,26,28)/b20-11+. The number of nitrogens with zero attached hydrogens (tertiary/aromatic N) is 1. The van der Waals surface area contributed by atoms with E-state index in [0.717, 1.165) is 22.2 Å². The Morgan fingerprint density at radius 1 is 1.15 bits per heavy atom. The molecule has 2 aromatic carbocycles. The molecule has 0 atom stereocenters. The molecule has 0 radical (unpaired) electrons. The maximum Gasteiger partial charge on any atom is 0.343 e. The largest absolute Gasteiger partial charge is 0.481 e. The van der Waals surface area contributed by atoms with Crippen molar-refractivity contribution in [2.24, 2.45) is 0 Å². The maximum absolute atomic E-state index is 12.7. The summed E-state index contributed by atoms with van der Waals surface area (Å²) in [7, 11) is 1.27. The summed E-state index contributed by atoms with van der Waals surface area (Å²) in [5.41, 5.74) is 2.37. The van der Waals surface area contributed by atoms with E-state index >= 15 is 0 Å². The maximum atomic E-state index is 12.7. The van der Waals surface area contributed by atoms with E-state index in [1.165, 1.54) is 7.11 Å². The summed E-state index contributed by atoms with van der Waals surface area (Å²) in [6.07, 6.45) is 1.56. The lowest BCUT2D eigenvalue weighted by Crippen LogP contribution is -2.36. The molecule has 1 fully saturated rings. The van der Waals surface area contributed by atoms with Gasteiger partial charge in [-0.3, -0.25) is 19.3 Å². The highest BCUT2D eigenvalue weighted by molar-refractivity contribution is 9.10. The smallest absolute Gasteiger partial charge is 0.343 e. The quantitative estimate of drug-likeness (QED) is 0.374. The highest BCUT2D eigenvalue weighted by atomic mass is 79.9. The molecular weight excluding hydrogens is 524 g/mol. The number of carbonyl (C=O) groups is 4. The van der Waals surface area contributed by atoms with Crippen LogP contribution in [0.4, 0.5) is 10.5 Å². The molecule has 2 aromatic rings. The Bertz CT molecular complexity index is 1150. The third-order valence-electron chi connectivity index (χ3n) is 4.86. The van der Waals surface area contributed by atoms with Crippen LogP contribution in [0.2, 0.25) is 0 Å². The molecule has 10 heteroatoms. The van der Waals surface area contributed by atoms with Crippen LogP contribution in [0.25, 0.3) is 6.08 Å². The van der Waals surface area contributed by atoms with Crippen molar-refractivity contribution in [1.82, 2.24) is 4.90 Å². The molecule has 8 nitrogen and oxygen atoms in total. The number of imide groups is 1. The first kappa shape index (κ1) is 25.5. The average molecular weight is 547 g/mol. The number of methoxy groups -OCH3 is 1. The van der Waals surface area contributed by atoms with Crippen molar-refractivity contribution in [3.63, 3.8) is 0 Å². The molecule has 0 aliphatic carbocycles. The van der Waals surface area contributed by atoms with Crippen LogP contribution in [-0.2, 0) is 19.1 Å². The lowest BCUT2D eigenvalue weighted by Gasteiger charge is -2.13. The first-order chi connectivity index (χ1) is 16.2. The number of rotatable bonds is 8. The van der Waals surface area contributed by atoms with E-state index in [0.29, 0.717) is 27.4 Å². The van der Waals surface area contributed by atoms with E-state index in [1.54, 1.807) is 36.4 Å². The molecule has 1 heterocycles. The Morgan fingerprint density at radius 2 is 1.85 bits per heavy atom. The van der Waals surface area contributed by atoms with Crippen molar-refractivity contribution in [2.45, 2.75) is 19.8 Å². The SMILES string of the molecule is COC(=O)COc1ccc(/C=C2/SC(=O)N(CC(=O)Nc3ccc(C(C)C)cc3)C2=O)cc1Br. The van der Waals surface area contributed by atoms with Gasteiger partial charge in [0, 0.05) is 5.69 Å². The summed E-state index contributed by atoms with van der Waals surface area (Å²) in [5.74, 6) is -0.718. The molecule has 1 aliphatic heterocycles. The highest BCUT2D eigenvalue weighted by Crippen LogP contribution is 2.34. The Labute approximate surface area is 209 Å². The van der Waals surface area contributed by atoms with Gasteiger partial charge < -0.3 is 14.8 Å². The summed E-state index contributed by atoms with van der Waals surface area (Å²) < 4.78 is 10.5. The van der Waals surface area contributed by atoms with Crippen LogP contribution >= 0.6 is 27.7 Å². The number of halogens is 1. The van der Waals surface area contributed by atoms with Gasteiger partial charge in [-0.25, -0.2) is 4.79 Å². The predicted molar refractivity (Wildman–Crippen MR) is 133 cm³/mol. The highest BCUT2D eigenvalue weighted by Gasteiger charge is 2.36. The first-order valence-corrected chi connectivity index (χ1v) is 11.9. The van der Waals surface area contributed by atoms with E-state index in [1.807, 2.05) is 12.1 Å². The van der Waals surface area contributed by atoms with E-state index in [-0.39, 0.29) is 18.1 Å². The zero-order valence-electron chi connectivity index (χ0n) is 18.8. The second-order valence-electron chi connectivity index (χ2n) is 7.65. The topological polar surface area (TPSA) is 102 Å². The third-order valence-corrected chi connectivity index (χ3v) is 6.39. The number of thioether (sulfide) groups is 1. The van der Waals surface area contributed by atoms with Crippen molar-refractivity contribution >= 4 is 62.5 Å². The van der Waals surface area contributed by atoms with Crippen LogP contribution in [0.1, 0.15) is 30.9 Å². The lowest BCUT2D eigenvalue weighted by atomic mass is 10.0. The van der Waals surface area contributed by atoms with Gasteiger partial charge in [0.25, 0.3) is 11.1 Å². The Hall–Kier alpha value is -3.11. The van der Waals surface area contributed by atoms with Gasteiger partial charge in [-0.2, -0.15) is 0 Å². The molecule has 0 saturated carbocycles. The van der Waals surface area contributed by atoms with E-state index in [9.17, 15) is 19.2 Å². The van der Waals surface area contributed by atoms with Crippen LogP contribution in [0.5, 0.6) is 5.75 Å². The van der Waals surface area contributed by atoms with Gasteiger partial charge in [-0.1, -0.05) is 32.0 Å². The third kappa shape index (κ3) is 6.48. The fraction of sp³-hybridized carbons (Fsp3) is 0.250. The number of ether oxygens (including phenoxy) is 2. The summed E-state index contributed by atoms with van der Waals surface area (Å²) in [6, 6.07) is 12.4. The number of hydrogen-bond acceptors (Lipinski definition) is 7. The number of amides is 3. The van der Waals surface area contributed by atoms with Crippen molar-refractivity contribution in [3.05, 3.63) is 63.0 Å². The summed E-state index contributed by atoms with van der Waals surface area (Å²) in [6.45, 7) is 3.54. The number of nitrogens with one attached hydrogen (secondary N) is 1. The minimum Gasteiger partial charge on any atom is -0.481 e. The minimum atomic E-state index is -0.539. The molecule has 3 amide bonds. The normalized spacial score (nSPS) is 14.6. The van der Waals surface area contributed by atoms with Crippen LogP contribution in [0.3, 0.4) is 0 Å². The predicted octanol–water partition coefficient (Wildman–Crippen LogP) is 4.80. The van der Waals surface area contributed by atoms with E-state index in [4.69, 9.17) is 4.74 Å². The first-order valence-electron chi connectivity index (χ1n) is 10.3. The number of anilines is 1. The molecule has 178 valence electrons. The minimum absolute atomic E-state index is 0.203. The van der Waals surface area contributed by atoms with Crippen molar-refractivity contribution in [2.75, 3.05) is 25.6 Å². The molecule has 0 unspecified atom stereocenters. The summed E-state index contributed by atoms with van der Waals surface area (Å²) >= 11 is 4.12. The average Bonchev–Trinajstić information content (AvgIpc) is 3.05. The summed E-state index contributed by atoms with van der Waals surface area (Å²) in [5, 5.41) is 2.20. The molecule has 0 bridgehead atoms. The fourth-order valence-electron chi connectivity index (χ4n) is 3.00. The molecule has 3 rings (SSSR count). The molecule has 34 heavy (non-hydrogen) atoms. The van der Waals surface area contributed by atoms with Gasteiger partial charge in [0.2, 0.25) is 5.91 Å². The second-order valence-corrected chi connectivity index (χ2v) is 9.49. The number of benzene rings is 2. The Kier molecular flexibility index (Phi) is 8.51. The molecule has 1 aliphatic rings. The van der Waals surface area contributed by atoms with Gasteiger partial charge in [0.15, 0.2) is 6.61 Å². The van der Waals surface area contributed by atoms with Gasteiger partial charge in [0.1, 0.15) is 12.3 Å². The summed E-state index contributed by atoms with van der Waals surface area (Å²) in [4.78, 5) is 49.9. The van der Waals surface area contributed by atoms with Crippen LogP contribution in [0, 0.1) is 0 Å². The van der Waals surface area contributed by atoms with Gasteiger partial charge in [-0.15, -0.1) is 0 Å². The van der Waals surface area contributed by atoms with E-state index < -0.39 is 23.0 Å². The van der Waals surface area contributed by atoms with Gasteiger partial charge in [-0.05, 0) is 75.1 Å². The molecule has 0 spiro atoms. The zero-order valence-corrected chi connectivity index (χ0v) is 21.2. The van der Waals surface area contributed by atoms with Crippen molar-refractivity contribution in [3.8, 4) is 5.75 Å². The van der Waals surface area contributed by atoms with Crippen molar-refractivity contribution < 1.29 is 28.7 Å². The molecule has 0 aromatic heterocycles. The van der Waals surface area contributed by atoms with Gasteiger partial charge >= 0.3 is 5.97 Å². The Balaban J connectivity index is 1.64. The molecule has 1 saturated heterocycles. The van der Waals surface area contributed by atoms with Crippen LogP contribution in [0.15, 0.2) is 51.8 Å².